The van der Waals surface area contributed by atoms with E-state index in [1.807, 2.05) is 0 Å². The Morgan fingerprint density at radius 2 is 2.12 bits per heavy atom. The van der Waals surface area contributed by atoms with Gasteiger partial charge in [0, 0.05) is 30.9 Å². The van der Waals surface area contributed by atoms with E-state index >= 15 is 0 Å². The molecule has 1 aliphatic carbocycles. The molecule has 2 fully saturated rings. The van der Waals surface area contributed by atoms with E-state index in [-0.39, 0.29) is 0 Å². The quantitative estimate of drug-likeness (QED) is 0.855. The van der Waals surface area contributed by atoms with Crippen LogP contribution in [0, 0.1) is 5.92 Å². The average Bonchev–Trinajstić information content (AvgIpc) is 2.99. The maximum absolute atomic E-state index is 3.54. The molecule has 1 N–H and O–H groups in total. The zero-order valence-corrected chi connectivity index (χ0v) is 10.6. The third-order valence-corrected chi connectivity index (χ3v) is 4.39. The van der Waals surface area contributed by atoms with Gasteiger partial charge in [-0.1, -0.05) is 18.2 Å². The Morgan fingerprint density at radius 1 is 1.29 bits per heavy atom. The molecule has 3 atom stereocenters. The van der Waals surface area contributed by atoms with Gasteiger partial charge in [0.1, 0.15) is 0 Å². The molecule has 0 radical (unpaired) electrons. The number of benzene rings is 1. The van der Waals surface area contributed by atoms with Crippen LogP contribution in [-0.2, 0) is 0 Å². The van der Waals surface area contributed by atoms with Crippen molar-refractivity contribution in [3.8, 4) is 0 Å². The summed E-state index contributed by atoms with van der Waals surface area (Å²) < 4.78 is 0. The number of nitrogens with zero attached hydrogens (tertiary/aromatic N) is 1. The van der Waals surface area contributed by atoms with Gasteiger partial charge in [-0.3, -0.25) is 4.90 Å². The summed E-state index contributed by atoms with van der Waals surface area (Å²) in [6, 6.07) is 12.1. The van der Waals surface area contributed by atoms with Crippen LogP contribution < -0.4 is 5.32 Å². The van der Waals surface area contributed by atoms with E-state index in [0.717, 1.165) is 18.5 Å². The SMILES string of the molecule is CC(CNc1ccccc1)N1CC2CCC1C2. The Balaban J connectivity index is 1.52. The second-order valence-electron chi connectivity index (χ2n) is 5.63. The Kier molecular flexibility index (Phi) is 3.06. The Bertz CT molecular complexity index is 362. The summed E-state index contributed by atoms with van der Waals surface area (Å²) in [4.78, 5) is 2.71. The zero-order chi connectivity index (χ0) is 11.7. The zero-order valence-electron chi connectivity index (χ0n) is 10.6. The maximum atomic E-state index is 3.54. The average molecular weight is 230 g/mol. The van der Waals surface area contributed by atoms with Crippen LogP contribution in [0.3, 0.4) is 0 Å². The molecule has 1 saturated heterocycles. The van der Waals surface area contributed by atoms with Crippen LogP contribution in [0.4, 0.5) is 5.69 Å². The highest BCUT2D eigenvalue weighted by Crippen LogP contribution is 2.38. The number of rotatable bonds is 4. The molecule has 1 aliphatic heterocycles. The monoisotopic (exact) mass is 230 g/mol. The first-order chi connectivity index (χ1) is 8.33. The van der Waals surface area contributed by atoms with Crippen LogP contribution in [-0.4, -0.2) is 30.1 Å². The highest BCUT2D eigenvalue weighted by molar-refractivity contribution is 5.42. The minimum atomic E-state index is 0.658. The fourth-order valence-electron chi connectivity index (χ4n) is 3.44. The molecule has 1 aromatic rings. The van der Waals surface area contributed by atoms with Gasteiger partial charge in [-0.2, -0.15) is 0 Å². The van der Waals surface area contributed by atoms with Crippen molar-refractivity contribution in [3.63, 3.8) is 0 Å². The lowest BCUT2D eigenvalue weighted by Gasteiger charge is -2.33. The molecule has 0 spiro atoms. The van der Waals surface area contributed by atoms with Crippen LogP contribution in [0.25, 0.3) is 0 Å². The molecule has 2 nitrogen and oxygen atoms in total. The van der Waals surface area contributed by atoms with Crippen molar-refractivity contribution >= 4 is 5.69 Å². The van der Waals surface area contributed by atoms with Gasteiger partial charge in [-0.05, 0) is 44.2 Å². The highest BCUT2D eigenvalue weighted by atomic mass is 15.2. The van der Waals surface area contributed by atoms with Gasteiger partial charge in [-0.15, -0.1) is 0 Å². The molecule has 0 aromatic heterocycles. The molecule has 2 aliphatic rings. The summed E-state index contributed by atoms with van der Waals surface area (Å²) in [5.41, 5.74) is 1.24. The fourth-order valence-corrected chi connectivity index (χ4v) is 3.44. The fraction of sp³-hybridized carbons (Fsp3) is 0.600. The van der Waals surface area contributed by atoms with Crippen molar-refractivity contribution in [1.29, 1.82) is 0 Å². The number of hydrogen-bond acceptors (Lipinski definition) is 2. The molecule has 2 bridgehead atoms. The van der Waals surface area contributed by atoms with Gasteiger partial charge < -0.3 is 5.32 Å². The number of nitrogens with one attached hydrogen (secondary N) is 1. The van der Waals surface area contributed by atoms with Gasteiger partial charge in [0.05, 0.1) is 0 Å². The predicted octanol–water partition coefficient (Wildman–Crippen LogP) is 2.97. The van der Waals surface area contributed by atoms with Crippen molar-refractivity contribution in [3.05, 3.63) is 30.3 Å². The first-order valence-electron chi connectivity index (χ1n) is 6.87. The largest absolute Gasteiger partial charge is 0.383 e. The third kappa shape index (κ3) is 2.32. The van der Waals surface area contributed by atoms with Gasteiger partial charge in [0.25, 0.3) is 0 Å². The highest BCUT2D eigenvalue weighted by Gasteiger charge is 2.39. The molecule has 1 aromatic carbocycles. The summed E-state index contributed by atoms with van der Waals surface area (Å²) in [6.07, 6.45) is 4.36. The molecule has 0 amide bonds. The summed E-state index contributed by atoms with van der Waals surface area (Å²) >= 11 is 0. The standard InChI is InChI=1S/C15H22N2/c1-12(10-16-14-5-3-2-4-6-14)17-11-13-7-8-15(17)9-13/h2-6,12-13,15-16H,7-11H2,1H3. The number of piperidine rings is 1. The molecule has 92 valence electrons. The Morgan fingerprint density at radius 3 is 2.76 bits per heavy atom. The number of fused-ring (bicyclic) bond motifs is 2. The van der Waals surface area contributed by atoms with E-state index in [1.54, 1.807) is 0 Å². The summed E-state index contributed by atoms with van der Waals surface area (Å²) in [5.74, 6) is 0.999. The van der Waals surface area contributed by atoms with Crippen LogP contribution >= 0.6 is 0 Å². The molecule has 1 heterocycles. The van der Waals surface area contributed by atoms with Crippen LogP contribution in [0.15, 0.2) is 30.3 Å². The van der Waals surface area contributed by atoms with Gasteiger partial charge in [0.15, 0.2) is 0 Å². The molecule has 17 heavy (non-hydrogen) atoms. The van der Waals surface area contributed by atoms with Crippen molar-refractivity contribution in [2.24, 2.45) is 5.92 Å². The number of para-hydroxylation sites is 1. The van der Waals surface area contributed by atoms with E-state index in [4.69, 9.17) is 0 Å². The van der Waals surface area contributed by atoms with Crippen molar-refractivity contribution in [2.75, 3.05) is 18.4 Å². The van der Waals surface area contributed by atoms with Crippen molar-refractivity contribution in [1.82, 2.24) is 4.90 Å². The molecule has 1 saturated carbocycles. The first-order valence-corrected chi connectivity index (χ1v) is 6.87. The van der Waals surface area contributed by atoms with Crippen molar-refractivity contribution < 1.29 is 0 Å². The minimum Gasteiger partial charge on any atom is -0.383 e. The van der Waals surface area contributed by atoms with Crippen LogP contribution in [0.2, 0.25) is 0 Å². The molecule has 3 unspecified atom stereocenters. The Hall–Kier alpha value is -1.02. The summed E-state index contributed by atoms with van der Waals surface area (Å²) in [5, 5.41) is 3.54. The Labute approximate surface area is 104 Å². The molecule has 2 heteroatoms. The van der Waals surface area contributed by atoms with Crippen molar-refractivity contribution in [2.45, 2.75) is 38.3 Å². The lowest BCUT2D eigenvalue weighted by Crippen LogP contribution is -2.42. The van der Waals surface area contributed by atoms with E-state index in [2.05, 4.69) is 47.5 Å². The third-order valence-electron chi connectivity index (χ3n) is 4.39. The minimum absolute atomic E-state index is 0.658. The lowest BCUT2D eigenvalue weighted by atomic mass is 10.1. The van der Waals surface area contributed by atoms with E-state index in [1.165, 1.54) is 31.5 Å². The van der Waals surface area contributed by atoms with E-state index in [0.29, 0.717) is 6.04 Å². The number of anilines is 1. The van der Waals surface area contributed by atoms with Crippen LogP contribution in [0.5, 0.6) is 0 Å². The van der Waals surface area contributed by atoms with Gasteiger partial charge >= 0.3 is 0 Å². The first kappa shape index (κ1) is 11.1. The smallest absolute Gasteiger partial charge is 0.0340 e. The molecular weight excluding hydrogens is 208 g/mol. The maximum Gasteiger partial charge on any atom is 0.0340 e. The van der Waals surface area contributed by atoms with Gasteiger partial charge in [0.2, 0.25) is 0 Å². The molecular formula is C15H22N2. The van der Waals surface area contributed by atoms with Crippen LogP contribution in [0.1, 0.15) is 26.2 Å². The predicted molar refractivity (Wildman–Crippen MR) is 72.2 cm³/mol. The normalized spacial score (nSPS) is 29.5. The van der Waals surface area contributed by atoms with E-state index in [9.17, 15) is 0 Å². The lowest BCUT2D eigenvalue weighted by molar-refractivity contribution is 0.166. The molecule has 3 rings (SSSR count). The summed E-state index contributed by atoms with van der Waals surface area (Å²) in [6.45, 7) is 4.76. The van der Waals surface area contributed by atoms with E-state index < -0.39 is 0 Å². The number of hydrogen-bond donors (Lipinski definition) is 1. The summed E-state index contributed by atoms with van der Waals surface area (Å²) in [7, 11) is 0. The second-order valence-corrected chi connectivity index (χ2v) is 5.63. The second kappa shape index (κ2) is 4.69. The number of likely N-dealkylation sites (tertiary alicyclic amines) is 1. The topological polar surface area (TPSA) is 15.3 Å². The van der Waals surface area contributed by atoms with Gasteiger partial charge in [-0.25, -0.2) is 0 Å².